The van der Waals surface area contributed by atoms with E-state index in [4.69, 9.17) is 148 Å². The van der Waals surface area contributed by atoms with E-state index in [2.05, 4.69) is 52.9 Å². The number of nitrogens with two attached hydrogens (primary N) is 3. The molecule has 9 aromatic heterocycles. The van der Waals surface area contributed by atoms with Crippen LogP contribution in [0.1, 0.15) is 131 Å². The van der Waals surface area contributed by atoms with E-state index in [-0.39, 0.29) is 197 Å². The van der Waals surface area contributed by atoms with E-state index in [9.17, 15) is 62.1 Å². The number of rotatable bonds is 15. The number of benzene rings is 3. The van der Waals surface area contributed by atoms with Gasteiger partial charge in [0.15, 0.2) is 29.1 Å². The van der Waals surface area contributed by atoms with Gasteiger partial charge in [0.25, 0.3) is 16.7 Å². The molecule has 3 aromatic carbocycles. The lowest BCUT2D eigenvalue weighted by molar-refractivity contribution is -0.129. The molecule has 3 fully saturated rings. The number of nitrogens with zero attached hydrogens (tertiary/aromatic N) is 18. The van der Waals surface area contributed by atoms with Crippen molar-refractivity contribution in [3.05, 3.63) is 254 Å². The summed E-state index contributed by atoms with van der Waals surface area (Å²) < 4.78 is 78.8. The minimum absolute atomic E-state index is 0.00487. The monoisotopic (exact) mass is 2070 g/mol. The molecular formula is C96H84Cl10F5N21O6. The number of hydrogen-bond acceptors (Lipinski definition) is 21. The van der Waals surface area contributed by atoms with Crippen molar-refractivity contribution in [2.45, 2.75) is 119 Å². The smallest absolute Gasteiger partial charge is 0.276 e. The molecule has 27 nitrogen and oxygen atoms in total. The number of aromatic nitrogens is 9. The highest BCUT2D eigenvalue weighted by Gasteiger charge is 2.40. The zero-order valence-electron chi connectivity index (χ0n) is 75.8. The Balaban J connectivity index is 0.000000175. The Bertz CT molecular complexity index is 6780. The number of anilines is 6. The molecule has 0 spiro atoms. The quantitative estimate of drug-likeness (QED) is 0.0282. The van der Waals surface area contributed by atoms with Gasteiger partial charge in [0.1, 0.15) is 61.9 Å². The number of fused-ring (bicyclic) bond motifs is 3. The molecule has 12 aromatic rings. The van der Waals surface area contributed by atoms with E-state index in [1.807, 2.05) is 83.9 Å². The first-order valence-corrected chi connectivity index (χ1v) is 46.4. The van der Waals surface area contributed by atoms with Crippen molar-refractivity contribution in [1.29, 1.82) is 15.8 Å². The van der Waals surface area contributed by atoms with Crippen molar-refractivity contribution in [1.82, 2.24) is 58.3 Å². The summed E-state index contributed by atoms with van der Waals surface area (Å²) in [6, 6.07) is 15.0. The van der Waals surface area contributed by atoms with Gasteiger partial charge in [-0.2, -0.15) is 15.8 Å². The molecule has 0 radical (unpaired) electrons. The topological polar surface area (TPSA) is 363 Å². The van der Waals surface area contributed by atoms with Crippen LogP contribution >= 0.6 is 116 Å². The standard InChI is InChI=1S/C32H28Cl4FN7O2.2C32H28Cl3F2N7O2/c1-6-20(45)43-10-9-42(13-16(43)5)30-17-11-19(33)28(21-22(34)23(35)24(36)25(37)26(21)39)41-31(17)44(32(46)18(30)12-38)29-15(4)7-8-40-27(29)14(2)3;2*1-6-20(45)43-10-9-42(13-16(43)5)30-17-11-19(33)28(21-22(34)24(36)23(35)25(37)26(21)39)41-31(17)44(32(46)18(30)12-38)29-15(4)7-8-40-27(29)14(2)3/h3*6-8,11,14,16H,1,9-10,13,39H2,2-5H3/t3*16-/m111/s1. The van der Waals surface area contributed by atoms with Gasteiger partial charge in [0, 0.05) is 128 Å². The first-order chi connectivity index (χ1) is 65.2. The van der Waals surface area contributed by atoms with Crippen LogP contribution in [0.2, 0.25) is 50.2 Å². The molecule has 12 heterocycles. The summed E-state index contributed by atoms with van der Waals surface area (Å²) in [7, 11) is 0. The van der Waals surface area contributed by atoms with Gasteiger partial charge in [-0.25, -0.2) is 36.9 Å². The number of amides is 3. The first kappa shape index (κ1) is 103. The third-order valence-electron chi connectivity index (χ3n) is 24.2. The molecule has 3 amide bonds. The highest BCUT2D eigenvalue weighted by molar-refractivity contribution is 6.50. The molecule has 42 heteroatoms. The number of carbonyl (C=O) groups is 3. The molecule has 714 valence electrons. The number of halogens is 15. The summed E-state index contributed by atoms with van der Waals surface area (Å²) in [4.78, 5) is 119. The van der Waals surface area contributed by atoms with Crippen LogP contribution in [0.5, 0.6) is 0 Å². The lowest BCUT2D eigenvalue weighted by Crippen LogP contribution is -2.54. The van der Waals surface area contributed by atoms with Gasteiger partial charge in [0.2, 0.25) is 17.7 Å². The van der Waals surface area contributed by atoms with Crippen molar-refractivity contribution in [3.63, 3.8) is 0 Å². The fourth-order valence-corrected chi connectivity index (χ4v) is 20.1. The fourth-order valence-electron chi connectivity index (χ4n) is 17.6. The van der Waals surface area contributed by atoms with Crippen LogP contribution in [0.4, 0.5) is 56.1 Å². The van der Waals surface area contributed by atoms with Crippen LogP contribution in [0.3, 0.4) is 0 Å². The molecule has 3 saturated heterocycles. The van der Waals surface area contributed by atoms with E-state index in [0.717, 1.165) is 0 Å². The lowest BCUT2D eigenvalue weighted by atomic mass is 10.0. The van der Waals surface area contributed by atoms with E-state index >= 15 is 4.39 Å². The van der Waals surface area contributed by atoms with Gasteiger partial charge >= 0.3 is 0 Å². The molecule has 6 N–H and O–H groups in total. The third kappa shape index (κ3) is 18.1. The summed E-state index contributed by atoms with van der Waals surface area (Å²) in [5.41, 5.74) is 18.6. The molecular weight excluding hydrogens is 1990 g/mol. The summed E-state index contributed by atoms with van der Waals surface area (Å²) >= 11 is 63.4. The Labute approximate surface area is 837 Å². The van der Waals surface area contributed by atoms with Gasteiger partial charge in [-0.05, 0) is 131 Å². The molecule has 0 unspecified atom stereocenters. The van der Waals surface area contributed by atoms with Gasteiger partial charge in [0.05, 0.1) is 126 Å². The molecule has 0 saturated carbocycles. The van der Waals surface area contributed by atoms with Gasteiger partial charge in [-0.3, -0.25) is 57.4 Å². The Hall–Kier alpha value is -12.4. The fraction of sp³-hybridized carbons (Fsp3) is 0.281. The number of nitriles is 3. The third-order valence-corrected chi connectivity index (χ3v) is 27.7. The predicted molar refractivity (Wildman–Crippen MR) is 536 cm³/mol. The molecule has 3 atom stereocenters. The Morgan fingerprint density at radius 3 is 0.891 bits per heavy atom. The van der Waals surface area contributed by atoms with Crippen LogP contribution in [-0.4, -0.2) is 153 Å². The van der Waals surface area contributed by atoms with E-state index in [1.54, 1.807) is 65.3 Å². The Kier molecular flexibility index (Phi) is 30.6. The second-order valence-electron chi connectivity index (χ2n) is 33.8. The van der Waals surface area contributed by atoms with Crippen LogP contribution in [0.25, 0.3) is 83.9 Å². The average molecular weight is 2080 g/mol. The number of carbonyl (C=O) groups excluding carboxylic acids is 3. The summed E-state index contributed by atoms with van der Waals surface area (Å²) in [5, 5.41) is 28.1. The van der Waals surface area contributed by atoms with Gasteiger partial charge < -0.3 is 46.6 Å². The van der Waals surface area contributed by atoms with Crippen molar-refractivity contribution in [3.8, 4) is 69.0 Å². The SMILES string of the molecule is C=CC(=O)N1CCN(c2c(C#N)c(=O)n(-c3c(C)ccnc3C(C)C)c3nc(-c4c(N)c(F)c(Cl)c(Cl)c4Cl)c(Cl)cc23)C[C@H]1C.C=CC(=O)N1CCN(c2c(C#N)c(=O)n(-c3c(C)ccnc3C(C)C)c3nc(-c4c(N)c(F)c(Cl)c(F)c4Cl)c(Cl)cc23)C[C@H]1C.C=CC(=O)N1CCN(c2c(C#N)c(=O)n(-c3c(C)ccnc3C(C)C)c3nc(-c4c(N)c(F)c(Cl)c(F)c4Cl)c(Cl)cc23)C[C@H]1C. The zero-order chi connectivity index (χ0) is 101. The minimum atomic E-state index is -1.26. The first-order valence-electron chi connectivity index (χ1n) is 42.6. The summed E-state index contributed by atoms with van der Waals surface area (Å²) in [5.74, 6) is -7.17. The minimum Gasteiger partial charge on any atom is -0.396 e. The second kappa shape index (κ2) is 41.0. The van der Waals surface area contributed by atoms with E-state index in [0.29, 0.717) is 92.3 Å². The van der Waals surface area contributed by atoms with Crippen molar-refractivity contribution in [2.24, 2.45) is 0 Å². The highest BCUT2D eigenvalue weighted by atomic mass is 35.5. The maximum absolute atomic E-state index is 15.1. The lowest BCUT2D eigenvalue weighted by Gasteiger charge is -2.41. The van der Waals surface area contributed by atoms with Crippen LogP contribution in [0.15, 0.2) is 107 Å². The van der Waals surface area contributed by atoms with E-state index in [1.165, 1.54) is 50.1 Å². The average Bonchev–Trinajstić information content (AvgIpc) is 0.726. The number of pyridine rings is 9. The van der Waals surface area contributed by atoms with Crippen LogP contribution < -0.4 is 48.6 Å². The molecule has 15 rings (SSSR count). The van der Waals surface area contributed by atoms with Crippen molar-refractivity contribution >= 4 is 201 Å². The molecule has 3 aliphatic heterocycles. The maximum Gasteiger partial charge on any atom is 0.276 e. The number of nitrogen functional groups attached to an aromatic ring is 3. The van der Waals surface area contributed by atoms with Gasteiger partial charge in [-0.15, -0.1) is 0 Å². The molecule has 138 heavy (non-hydrogen) atoms. The maximum atomic E-state index is 15.1. The van der Waals surface area contributed by atoms with Crippen LogP contribution in [-0.2, 0) is 14.4 Å². The molecule has 3 aliphatic rings. The second-order valence-corrected chi connectivity index (χ2v) is 37.6. The Morgan fingerprint density at radius 2 is 0.652 bits per heavy atom. The van der Waals surface area contributed by atoms with Crippen molar-refractivity contribution in [2.75, 3.05) is 90.8 Å². The normalized spacial score (nSPS) is 15.0. The summed E-state index contributed by atoms with van der Waals surface area (Å²) in [6.45, 7) is 35.7. The van der Waals surface area contributed by atoms with Crippen molar-refractivity contribution < 1.29 is 36.3 Å². The number of hydrogen-bond donors (Lipinski definition) is 3. The molecule has 0 bridgehead atoms. The number of piperazine rings is 3. The highest BCUT2D eigenvalue weighted by Crippen LogP contribution is 2.51. The zero-order valence-corrected chi connectivity index (χ0v) is 83.3. The number of aryl methyl sites for hydroxylation is 3. The van der Waals surface area contributed by atoms with Crippen LogP contribution in [0, 0.1) is 83.9 Å². The van der Waals surface area contributed by atoms with E-state index < -0.39 is 87.9 Å². The Morgan fingerprint density at radius 1 is 0.399 bits per heavy atom. The molecule has 0 aliphatic carbocycles. The van der Waals surface area contributed by atoms with Gasteiger partial charge in [-0.1, -0.05) is 177 Å². The predicted octanol–water partition coefficient (Wildman–Crippen LogP) is 20.9. The largest absolute Gasteiger partial charge is 0.396 e. The summed E-state index contributed by atoms with van der Waals surface area (Å²) in [6.07, 6.45) is 8.58.